The van der Waals surface area contributed by atoms with E-state index in [1.807, 2.05) is 0 Å². The summed E-state index contributed by atoms with van der Waals surface area (Å²) in [5.41, 5.74) is 0. The fourth-order valence-corrected chi connectivity index (χ4v) is 2.72. The fourth-order valence-electron chi connectivity index (χ4n) is 2.72. The molecule has 2 nitrogen and oxygen atoms in total. The summed E-state index contributed by atoms with van der Waals surface area (Å²) in [5.74, 6) is 2.04. The summed E-state index contributed by atoms with van der Waals surface area (Å²) < 4.78 is 0. The maximum atomic E-state index is 11.4. The summed E-state index contributed by atoms with van der Waals surface area (Å²) >= 11 is 0. The van der Waals surface area contributed by atoms with Gasteiger partial charge in [-0.3, -0.25) is 4.79 Å². The summed E-state index contributed by atoms with van der Waals surface area (Å²) in [4.78, 5) is 13.5. The molecule has 2 atom stereocenters. The number of hydrogen-bond donors (Lipinski definition) is 0. The molecule has 2 heteroatoms. The van der Waals surface area contributed by atoms with E-state index in [1.54, 1.807) is 0 Å². The molecule has 13 heavy (non-hydrogen) atoms. The molecule has 0 aromatic carbocycles. The first-order valence-electron chi connectivity index (χ1n) is 5.48. The van der Waals surface area contributed by atoms with Crippen molar-refractivity contribution in [2.45, 2.75) is 45.6 Å². The van der Waals surface area contributed by atoms with Crippen LogP contribution in [0.5, 0.6) is 0 Å². The van der Waals surface area contributed by atoms with Gasteiger partial charge in [-0.1, -0.05) is 13.8 Å². The van der Waals surface area contributed by atoms with E-state index in [0.29, 0.717) is 11.9 Å². The minimum atomic E-state index is 0.396. The van der Waals surface area contributed by atoms with E-state index in [4.69, 9.17) is 0 Å². The van der Waals surface area contributed by atoms with E-state index in [-0.39, 0.29) is 0 Å². The van der Waals surface area contributed by atoms with Crippen LogP contribution in [-0.2, 0) is 4.79 Å². The van der Waals surface area contributed by atoms with Gasteiger partial charge in [0, 0.05) is 19.0 Å². The van der Waals surface area contributed by atoms with Crippen LogP contribution < -0.4 is 0 Å². The van der Waals surface area contributed by atoms with Crippen molar-refractivity contribution >= 4 is 5.91 Å². The SMILES string of the molecule is CC(C)[C@H]1CCN2C(=O)CC[C@H]2C1. The molecule has 2 rings (SSSR count). The first-order chi connectivity index (χ1) is 6.18. The standard InChI is InChI=1S/C11H19NO/c1-8(2)9-5-6-12-10(7-9)3-4-11(12)13/h8-10H,3-7H2,1-2H3/t9-,10-/m0/s1. The Morgan fingerprint density at radius 3 is 2.85 bits per heavy atom. The van der Waals surface area contributed by atoms with E-state index in [0.717, 1.165) is 31.2 Å². The van der Waals surface area contributed by atoms with Gasteiger partial charge in [0.1, 0.15) is 0 Å². The zero-order valence-corrected chi connectivity index (χ0v) is 8.62. The van der Waals surface area contributed by atoms with Crippen molar-refractivity contribution in [3.8, 4) is 0 Å². The number of carbonyl (C=O) groups is 1. The third kappa shape index (κ3) is 1.59. The quantitative estimate of drug-likeness (QED) is 0.606. The highest BCUT2D eigenvalue weighted by Gasteiger charge is 2.36. The van der Waals surface area contributed by atoms with Crippen molar-refractivity contribution in [3.63, 3.8) is 0 Å². The van der Waals surface area contributed by atoms with Crippen molar-refractivity contribution in [2.24, 2.45) is 11.8 Å². The topological polar surface area (TPSA) is 20.3 Å². The van der Waals surface area contributed by atoms with Gasteiger partial charge in [-0.05, 0) is 31.1 Å². The first kappa shape index (κ1) is 9.04. The summed E-state index contributed by atoms with van der Waals surface area (Å²) in [7, 11) is 0. The highest BCUT2D eigenvalue weighted by molar-refractivity contribution is 5.78. The van der Waals surface area contributed by atoms with Gasteiger partial charge in [0.15, 0.2) is 0 Å². The first-order valence-corrected chi connectivity index (χ1v) is 5.48. The molecule has 74 valence electrons. The molecule has 0 N–H and O–H groups in total. The second kappa shape index (κ2) is 3.32. The van der Waals surface area contributed by atoms with Crippen LogP contribution >= 0.6 is 0 Å². The lowest BCUT2D eigenvalue weighted by atomic mass is 9.83. The zero-order valence-electron chi connectivity index (χ0n) is 8.62. The van der Waals surface area contributed by atoms with E-state index >= 15 is 0 Å². The van der Waals surface area contributed by atoms with Crippen molar-refractivity contribution in [1.29, 1.82) is 0 Å². The van der Waals surface area contributed by atoms with Gasteiger partial charge in [-0.2, -0.15) is 0 Å². The van der Waals surface area contributed by atoms with Gasteiger partial charge >= 0.3 is 0 Å². The van der Waals surface area contributed by atoms with Crippen molar-refractivity contribution in [2.75, 3.05) is 6.54 Å². The lowest BCUT2D eigenvalue weighted by molar-refractivity contribution is -0.130. The van der Waals surface area contributed by atoms with Crippen LogP contribution in [0.2, 0.25) is 0 Å². The fraction of sp³-hybridized carbons (Fsp3) is 0.909. The summed E-state index contributed by atoms with van der Waals surface area (Å²) in [6.45, 7) is 5.63. The second-order valence-corrected chi connectivity index (χ2v) is 4.81. The van der Waals surface area contributed by atoms with Crippen LogP contribution in [0.15, 0.2) is 0 Å². The maximum absolute atomic E-state index is 11.4. The normalized spacial score (nSPS) is 34.1. The third-order valence-electron chi connectivity index (χ3n) is 3.71. The molecule has 0 aromatic heterocycles. The number of amides is 1. The largest absolute Gasteiger partial charge is 0.340 e. The van der Waals surface area contributed by atoms with Crippen LogP contribution in [0.1, 0.15) is 39.5 Å². The minimum Gasteiger partial charge on any atom is -0.340 e. The van der Waals surface area contributed by atoms with E-state index in [1.165, 1.54) is 12.8 Å². The van der Waals surface area contributed by atoms with Crippen LogP contribution in [0.4, 0.5) is 0 Å². The number of piperidine rings is 1. The van der Waals surface area contributed by atoms with Crippen molar-refractivity contribution < 1.29 is 4.79 Å². The lowest BCUT2D eigenvalue weighted by Crippen LogP contribution is -2.41. The van der Waals surface area contributed by atoms with Crippen LogP contribution in [0.25, 0.3) is 0 Å². The van der Waals surface area contributed by atoms with Gasteiger partial charge < -0.3 is 4.90 Å². The minimum absolute atomic E-state index is 0.396. The Morgan fingerprint density at radius 2 is 2.15 bits per heavy atom. The number of hydrogen-bond acceptors (Lipinski definition) is 1. The lowest BCUT2D eigenvalue weighted by Gasteiger charge is -2.36. The molecule has 2 aliphatic rings. The molecule has 2 aliphatic heterocycles. The zero-order chi connectivity index (χ0) is 9.42. The predicted molar refractivity (Wildman–Crippen MR) is 52.3 cm³/mol. The molecular weight excluding hydrogens is 162 g/mol. The second-order valence-electron chi connectivity index (χ2n) is 4.81. The summed E-state index contributed by atoms with van der Waals surface area (Å²) in [6.07, 6.45) is 4.39. The molecule has 2 heterocycles. The van der Waals surface area contributed by atoms with Gasteiger partial charge in [0.05, 0.1) is 0 Å². The maximum Gasteiger partial charge on any atom is 0.222 e. The average Bonchev–Trinajstić information content (AvgIpc) is 2.47. The molecule has 0 saturated carbocycles. The Bertz CT molecular complexity index is 212. The Hall–Kier alpha value is -0.530. The van der Waals surface area contributed by atoms with Crippen LogP contribution in [-0.4, -0.2) is 23.4 Å². The van der Waals surface area contributed by atoms with E-state index < -0.39 is 0 Å². The van der Waals surface area contributed by atoms with Gasteiger partial charge in [0.2, 0.25) is 5.91 Å². The molecule has 0 aromatic rings. The molecule has 2 fully saturated rings. The highest BCUT2D eigenvalue weighted by atomic mass is 16.2. The number of carbonyl (C=O) groups excluding carboxylic acids is 1. The highest BCUT2D eigenvalue weighted by Crippen LogP contribution is 2.34. The molecular formula is C11H19NO. The van der Waals surface area contributed by atoms with E-state index in [9.17, 15) is 4.79 Å². The molecule has 0 unspecified atom stereocenters. The summed E-state index contributed by atoms with van der Waals surface area (Å²) in [6, 6.07) is 0.591. The Morgan fingerprint density at radius 1 is 1.38 bits per heavy atom. The van der Waals surface area contributed by atoms with Crippen molar-refractivity contribution in [1.82, 2.24) is 4.90 Å². The Balaban J connectivity index is 1.99. The number of fused-ring (bicyclic) bond motifs is 1. The monoisotopic (exact) mass is 181 g/mol. The van der Waals surface area contributed by atoms with Gasteiger partial charge in [-0.25, -0.2) is 0 Å². The van der Waals surface area contributed by atoms with Crippen LogP contribution in [0.3, 0.4) is 0 Å². The van der Waals surface area contributed by atoms with Crippen LogP contribution in [0, 0.1) is 11.8 Å². The Kier molecular flexibility index (Phi) is 2.31. The predicted octanol–water partition coefficient (Wildman–Crippen LogP) is 2.04. The molecule has 1 amide bonds. The van der Waals surface area contributed by atoms with Crippen molar-refractivity contribution in [3.05, 3.63) is 0 Å². The third-order valence-corrected chi connectivity index (χ3v) is 3.71. The number of rotatable bonds is 1. The average molecular weight is 181 g/mol. The Labute approximate surface area is 80.3 Å². The van der Waals surface area contributed by atoms with E-state index in [2.05, 4.69) is 18.7 Å². The smallest absolute Gasteiger partial charge is 0.222 e. The molecule has 2 saturated heterocycles. The van der Waals surface area contributed by atoms with Gasteiger partial charge in [-0.15, -0.1) is 0 Å². The molecule has 0 bridgehead atoms. The molecule has 0 aliphatic carbocycles. The van der Waals surface area contributed by atoms with Gasteiger partial charge in [0.25, 0.3) is 0 Å². The molecule has 0 spiro atoms. The summed E-state index contributed by atoms with van der Waals surface area (Å²) in [5, 5.41) is 0. The number of nitrogens with zero attached hydrogens (tertiary/aromatic N) is 1. The molecule has 0 radical (unpaired) electrons.